The zero-order valence-electron chi connectivity index (χ0n) is 14.8. The normalized spacial score (nSPS) is 13.5. The van der Waals surface area contributed by atoms with Crippen LogP contribution < -0.4 is 14.8 Å². The number of rotatable bonds is 5. The number of hydrogen-bond donors (Lipinski definition) is 1. The van der Waals surface area contributed by atoms with Gasteiger partial charge >= 0.3 is 0 Å². The first-order valence-corrected chi connectivity index (χ1v) is 8.62. The molecule has 1 heterocycles. The monoisotopic (exact) mass is 348 g/mol. The van der Waals surface area contributed by atoms with Gasteiger partial charge in [-0.05, 0) is 37.1 Å². The van der Waals surface area contributed by atoms with E-state index < -0.39 is 0 Å². The number of pyridine rings is 1. The maximum absolute atomic E-state index is 13.0. The Hall–Kier alpha value is -3.08. The second kappa shape index (κ2) is 6.67. The van der Waals surface area contributed by atoms with E-state index in [2.05, 4.69) is 5.32 Å². The molecular formula is C21H20N2O3. The van der Waals surface area contributed by atoms with Gasteiger partial charge in [0.05, 0.1) is 25.3 Å². The van der Waals surface area contributed by atoms with Crippen molar-refractivity contribution in [1.29, 1.82) is 0 Å². The number of nitrogens with one attached hydrogen (secondary N) is 1. The highest BCUT2D eigenvalue weighted by Crippen LogP contribution is 2.40. The number of aromatic nitrogens is 1. The van der Waals surface area contributed by atoms with Crippen LogP contribution in [0.15, 0.2) is 48.5 Å². The minimum absolute atomic E-state index is 0.155. The van der Waals surface area contributed by atoms with Gasteiger partial charge in [0.25, 0.3) is 5.91 Å². The lowest BCUT2D eigenvalue weighted by Crippen LogP contribution is -2.13. The summed E-state index contributed by atoms with van der Waals surface area (Å²) in [7, 11) is 3.15. The van der Waals surface area contributed by atoms with Crippen LogP contribution in [-0.2, 0) is 0 Å². The number of fused-ring (bicyclic) bond motifs is 1. The molecule has 5 heteroatoms. The summed E-state index contributed by atoms with van der Waals surface area (Å²) in [4.78, 5) is 17.7. The fourth-order valence-electron chi connectivity index (χ4n) is 3.08. The minimum Gasteiger partial charge on any atom is -0.493 e. The Balaban J connectivity index is 1.70. The molecule has 26 heavy (non-hydrogen) atoms. The molecule has 0 unspecified atom stereocenters. The molecule has 0 bridgehead atoms. The number of ether oxygens (including phenoxy) is 2. The Morgan fingerprint density at radius 1 is 1.04 bits per heavy atom. The maximum atomic E-state index is 13.0. The van der Waals surface area contributed by atoms with Crippen LogP contribution in [0.25, 0.3) is 10.9 Å². The van der Waals surface area contributed by atoms with Gasteiger partial charge in [0.1, 0.15) is 0 Å². The third kappa shape index (κ3) is 3.08. The number of para-hydroxylation sites is 1. The average Bonchev–Trinajstić information content (AvgIpc) is 3.52. The molecule has 0 saturated heterocycles. The topological polar surface area (TPSA) is 60.5 Å². The summed E-state index contributed by atoms with van der Waals surface area (Å²) in [5, 5.41) is 3.82. The van der Waals surface area contributed by atoms with Crippen LogP contribution in [-0.4, -0.2) is 25.1 Å². The van der Waals surface area contributed by atoms with E-state index in [4.69, 9.17) is 14.5 Å². The average molecular weight is 348 g/mol. The molecule has 0 radical (unpaired) electrons. The second-order valence-electron chi connectivity index (χ2n) is 6.41. The minimum atomic E-state index is -0.155. The fraction of sp³-hybridized carbons (Fsp3) is 0.238. The second-order valence-corrected chi connectivity index (χ2v) is 6.41. The van der Waals surface area contributed by atoms with Gasteiger partial charge in [-0.3, -0.25) is 9.78 Å². The Kier molecular flexibility index (Phi) is 4.21. The number of benzene rings is 2. The first-order valence-electron chi connectivity index (χ1n) is 8.62. The van der Waals surface area contributed by atoms with Crippen LogP contribution in [0.2, 0.25) is 0 Å². The number of amides is 1. The van der Waals surface area contributed by atoms with E-state index in [9.17, 15) is 4.79 Å². The Labute approximate surface area is 152 Å². The lowest BCUT2D eigenvalue weighted by atomic mass is 10.1. The number of hydrogen-bond acceptors (Lipinski definition) is 4. The standard InChI is InChI=1S/C21H20N2O3/c1-25-19-10-9-14(11-20(19)26-2)22-21(24)16-12-18(13-7-8-13)23-17-6-4-3-5-15(16)17/h3-6,9-13H,7-8H2,1-2H3,(H,22,24). The van der Waals surface area contributed by atoms with Gasteiger partial charge < -0.3 is 14.8 Å². The van der Waals surface area contributed by atoms with Crippen molar-refractivity contribution < 1.29 is 14.3 Å². The van der Waals surface area contributed by atoms with Gasteiger partial charge in [-0.2, -0.15) is 0 Å². The fourth-order valence-corrected chi connectivity index (χ4v) is 3.08. The third-order valence-corrected chi connectivity index (χ3v) is 4.62. The van der Waals surface area contributed by atoms with E-state index in [1.165, 1.54) is 0 Å². The van der Waals surface area contributed by atoms with Gasteiger partial charge in [0, 0.05) is 28.8 Å². The number of carbonyl (C=O) groups excluding carboxylic acids is 1. The molecule has 1 saturated carbocycles. The Morgan fingerprint density at radius 3 is 2.54 bits per heavy atom. The Bertz CT molecular complexity index is 980. The molecule has 0 spiro atoms. The van der Waals surface area contributed by atoms with Crippen LogP contribution in [0.1, 0.15) is 34.8 Å². The van der Waals surface area contributed by atoms with Crippen molar-refractivity contribution in [2.24, 2.45) is 0 Å². The van der Waals surface area contributed by atoms with Gasteiger partial charge in [-0.25, -0.2) is 0 Å². The summed E-state index contributed by atoms with van der Waals surface area (Å²) >= 11 is 0. The number of methoxy groups -OCH3 is 2. The van der Waals surface area contributed by atoms with E-state index in [-0.39, 0.29) is 5.91 Å². The zero-order chi connectivity index (χ0) is 18.1. The molecule has 1 aliphatic carbocycles. The molecule has 132 valence electrons. The van der Waals surface area contributed by atoms with Gasteiger partial charge in [-0.15, -0.1) is 0 Å². The van der Waals surface area contributed by atoms with Crippen LogP contribution in [0, 0.1) is 0 Å². The first kappa shape index (κ1) is 16.4. The number of carbonyl (C=O) groups is 1. The molecule has 1 N–H and O–H groups in total. The van der Waals surface area contributed by atoms with Crippen molar-refractivity contribution >= 4 is 22.5 Å². The van der Waals surface area contributed by atoms with E-state index in [1.807, 2.05) is 30.3 Å². The smallest absolute Gasteiger partial charge is 0.256 e. The highest BCUT2D eigenvalue weighted by molar-refractivity contribution is 6.12. The predicted octanol–water partition coefficient (Wildman–Crippen LogP) is 4.38. The molecule has 0 atom stereocenters. The summed E-state index contributed by atoms with van der Waals surface area (Å²) in [5.41, 5.74) is 3.16. The van der Waals surface area contributed by atoms with Gasteiger partial charge in [0.2, 0.25) is 0 Å². The van der Waals surface area contributed by atoms with Crippen molar-refractivity contribution in [3.05, 3.63) is 59.8 Å². The predicted molar refractivity (Wildman–Crippen MR) is 101 cm³/mol. The van der Waals surface area contributed by atoms with E-state index in [1.54, 1.807) is 32.4 Å². The first-order chi connectivity index (χ1) is 12.7. The maximum Gasteiger partial charge on any atom is 0.256 e. The molecular weight excluding hydrogens is 328 g/mol. The molecule has 4 rings (SSSR count). The van der Waals surface area contributed by atoms with Crippen LogP contribution >= 0.6 is 0 Å². The molecule has 1 aromatic heterocycles. The number of anilines is 1. The molecule has 3 aromatic rings. The molecule has 1 fully saturated rings. The quantitative estimate of drug-likeness (QED) is 0.743. The molecule has 1 amide bonds. The van der Waals surface area contributed by atoms with Gasteiger partial charge in [0.15, 0.2) is 11.5 Å². The van der Waals surface area contributed by atoms with Gasteiger partial charge in [-0.1, -0.05) is 18.2 Å². The zero-order valence-corrected chi connectivity index (χ0v) is 14.8. The highest BCUT2D eigenvalue weighted by Gasteiger charge is 2.27. The lowest BCUT2D eigenvalue weighted by Gasteiger charge is -2.12. The number of nitrogens with zero attached hydrogens (tertiary/aromatic N) is 1. The summed E-state index contributed by atoms with van der Waals surface area (Å²) in [6, 6.07) is 15.0. The highest BCUT2D eigenvalue weighted by atomic mass is 16.5. The van der Waals surface area contributed by atoms with Crippen LogP contribution in [0.3, 0.4) is 0 Å². The molecule has 5 nitrogen and oxygen atoms in total. The summed E-state index contributed by atoms with van der Waals surface area (Å²) in [6.07, 6.45) is 2.28. The largest absolute Gasteiger partial charge is 0.493 e. The third-order valence-electron chi connectivity index (χ3n) is 4.62. The SMILES string of the molecule is COc1ccc(NC(=O)c2cc(C3CC3)nc3ccccc23)cc1OC. The summed E-state index contributed by atoms with van der Waals surface area (Å²) < 4.78 is 10.5. The van der Waals surface area contributed by atoms with Crippen molar-refractivity contribution in [3.8, 4) is 11.5 Å². The molecule has 2 aromatic carbocycles. The van der Waals surface area contributed by atoms with Crippen LogP contribution in [0.4, 0.5) is 5.69 Å². The summed E-state index contributed by atoms with van der Waals surface area (Å²) in [6.45, 7) is 0. The van der Waals surface area contributed by atoms with E-state index in [0.29, 0.717) is 28.7 Å². The van der Waals surface area contributed by atoms with E-state index in [0.717, 1.165) is 29.4 Å². The van der Waals surface area contributed by atoms with Crippen molar-refractivity contribution in [1.82, 2.24) is 4.98 Å². The summed E-state index contributed by atoms with van der Waals surface area (Å²) in [5.74, 6) is 1.52. The molecule has 0 aliphatic heterocycles. The molecule has 1 aliphatic rings. The van der Waals surface area contributed by atoms with Crippen molar-refractivity contribution in [2.45, 2.75) is 18.8 Å². The Morgan fingerprint density at radius 2 is 1.81 bits per heavy atom. The van der Waals surface area contributed by atoms with Crippen LogP contribution in [0.5, 0.6) is 11.5 Å². The van der Waals surface area contributed by atoms with Crippen molar-refractivity contribution in [2.75, 3.05) is 19.5 Å². The van der Waals surface area contributed by atoms with Crippen molar-refractivity contribution in [3.63, 3.8) is 0 Å². The lowest BCUT2D eigenvalue weighted by molar-refractivity contribution is 0.102. The van der Waals surface area contributed by atoms with E-state index >= 15 is 0 Å².